The molecule has 1 heterocycles. The molecule has 1 aromatic heterocycles. The van der Waals surface area contributed by atoms with Gasteiger partial charge < -0.3 is 4.57 Å². The van der Waals surface area contributed by atoms with Crippen LogP contribution in [0.15, 0.2) is 146 Å². The number of nitrogens with zero attached hydrogens (tertiary/aromatic N) is 2. The first-order valence-electron chi connectivity index (χ1n) is 14.6. The summed E-state index contributed by atoms with van der Waals surface area (Å²) in [6.45, 7) is 0. The summed E-state index contributed by atoms with van der Waals surface area (Å²) in [6.07, 6.45) is 0. The number of hydrogen-bond donors (Lipinski definition) is 0. The molecule has 0 saturated carbocycles. The van der Waals surface area contributed by atoms with E-state index >= 15 is 0 Å². The van der Waals surface area contributed by atoms with E-state index in [2.05, 4.69) is 138 Å². The van der Waals surface area contributed by atoms with Crippen molar-refractivity contribution in [2.45, 2.75) is 0 Å². The topological polar surface area (TPSA) is 28.7 Å². The van der Waals surface area contributed by atoms with Crippen LogP contribution in [-0.2, 0) is 0 Å². The van der Waals surface area contributed by atoms with Gasteiger partial charge in [0.15, 0.2) is 0 Å². The van der Waals surface area contributed by atoms with E-state index in [4.69, 9.17) is 0 Å². The van der Waals surface area contributed by atoms with Crippen LogP contribution in [0.4, 0.5) is 0 Å². The summed E-state index contributed by atoms with van der Waals surface area (Å²) in [4.78, 5) is 0. The zero-order valence-electron chi connectivity index (χ0n) is 23.3. The summed E-state index contributed by atoms with van der Waals surface area (Å²) < 4.78 is 2.28. The quantitative estimate of drug-likeness (QED) is 0.203. The molecular formula is C41H24N2. The Morgan fingerprint density at radius 3 is 1.51 bits per heavy atom. The minimum Gasteiger partial charge on any atom is -0.309 e. The number of rotatable bonds is 3. The lowest BCUT2D eigenvalue weighted by Gasteiger charge is -2.15. The zero-order chi connectivity index (χ0) is 28.5. The predicted molar refractivity (Wildman–Crippen MR) is 180 cm³/mol. The molecule has 0 saturated heterocycles. The summed E-state index contributed by atoms with van der Waals surface area (Å²) in [5.41, 5.74) is 8.77. The van der Waals surface area contributed by atoms with E-state index in [-0.39, 0.29) is 0 Å². The van der Waals surface area contributed by atoms with Crippen LogP contribution in [0.3, 0.4) is 0 Å². The Morgan fingerprint density at radius 2 is 0.930 bits per heavy atom. The molecular weight excluding hydrogens is 520 g/mol. The average molecular weight is 545 g/mol. The third-order valence-corrected chi connectivity index (χ3v) is 8.89. The van der Waals surface area contributed by atoms with E-state index in [1.54, 1.807) is 0 Å². The van der Waals surface area contributed by atoms with Crippen molar-refractivity contribution in [2.75, 3.05) is 0 Å². The summed E-state index contributed by atoms with van der Waals surface area (Å²) in [5.74, 6) is 0. The van der Waals surface area contributed by atoms with Gasteiger partial charge in [-0.2, -0.15) is 5.26 Å². The van der Waals surface area contributed by atoms with Crippen molar-refractivity contribution in [1.82, 2.24) is 4.57 Å². The first kappa shape index (κ1) is 23.8. The van der Waals surface area contributed by atoms with Crippen LogP contribution in [0.1, 0.15) is 5.56 Å². The molecule has 198 valence electrons. The average Bonchev–Trinajstić information content (AvgIpc) is 3.40. The van der Waals surface area contributed by atoms with Gasteiger partial charge in [-0.15, -0.1) is 0 Å². The van der Waals surface area contributed by atoms with Crippen LogP contribution in [0.25, 0.3) is 82.1 Å². The molecule has 0 bridgehead atoms. The Labute approximate surface area is 248 Å². The van der Waals surface area contributed by atoms with Gasteiger partial charge in [-0.25, -0.2) is 0 Å². The van der Waals surface area contributed by atoms with E-state index in [0.717, 1.165) is 22.1 Å². The number of hydrogen-bond acceptors (Lipinski definition) is 1. The van der Waals surface area contributed by atoms with Gasteiger partial charge in [-0.05, 0) is 109 Å². The Morgan fingerprint density at radius 1 is 0.419 bits per heavy atom. The van der Waals surface area contributed by atoms with Crippen molar-refractivity contribution in [3.05, 3.63) is 151 Å². The number of benzene rings is 8. The van der Waals surface area contributed by atoms with E-state index in [1.165, 1.54) is 60.0 Å². The summed E-state index contributed by atoms with van der Waals surface area (Å²) in [5, 5.41) is 19.7. The molecule has 2 nitrogen and oxygen atoms in total. The van der Waals surface area contributed by atoms with E-state index in [1.807, 2.05) is 18.2 Å². The van der Waals surface area contributed by atoms with Crippen LogP contribution >= 0.6 is 0 Å². The normalized spacial score (nSPS) is 11.7. The third kappa shape index (κ3) is 3.59. The van der Waals surface area contributed by atoms with Crippen LogP contribution in [0.2, 0.25) is 0 Å². The molecule has 9 rings (SSSR count). The molecule has 0 fully saturated rings. The first-order chi connectivity index (χ1) is 21.2. The lowest BCUT2D eigenvalue weighted by atomic mass is 9.89. The van der Waals surface area contributed by atoms with Gasteiger partial charge in [0.1, 0.15) is 0 Å². The number of para-hydroxylation sites is 1. The minimum atomic E-state index is 0.663. The van der Waals surface area contributed by atoms with Crippen LogP contribution in [0, 0.1) is 11.3 Å². The van der Waals surface area contributed by atoms with Crippen LogP contribution < -0.4 is 0 Å². The summed E-state index contributed by atoms with van der Waals surface area (Å²) in [7, 11) is 0. The molecule has 0 unspecified atom stereocenters. The summed E-state index contributed by atoms with van der Waals surface area (Å²) >= 11 is 0. The van der Waals surface area contributed by atoms with Crippen molar-refractivity contribution in [3.8, 4) is 34.0 Å². The number of nitriles is 1. The highest BCUT2D eigenvalue weighted by molar-refractivity contribution is 6.24. The fourth-order valence-corrected chi connectivity index (χ4v) is 6.92. The van der Waals surface area contributed by atoms with Crippen molar-refractivity contribution in [1.29, 1.82) is 5.26 Å². The molecule has 2 heteroatoms. The van der Waals surface area contributed by atoms with Crippen molar-refractivity contribution >= 4 is 54.1 Å². The Balaban J connectivity index is 1.26. The van der Waals surface area contributed by atoms with Gasteiger partial charge in [0, 0.05) is 16.5 Å². The molecule has 0 aliphatic carbocycles. The first-order valence-corrected chi connectivity index (χ1v) is 14.6. The number of fused-ring (bicyclic) bond motifs is 3. The second kappa shape index (κ2) is 9.05. The zero-order valence-corrected chi connectivity index (χ0v) is 23.3. The molecule has 0 spiro atoms. The van der Waals surface area contributed by atoms with E-state index < -0.39 is 0 Å². The maximum Gasteiger partial charge on any atom is 0.0992 e. The van der Waals surface area contributed by atoms with Gasteiger partial charge in [0.05, 0.1) is 22.7 Å². The predicted octanol–water partition coefficient (Wildman–Crippen LogP) is 10.9. The van der Waals surface area contributed by atoms with Gasteiger partial charge in [0.25, 0.3) is 0 Å². The lowest BCUT2D eigenvalue weighted by molar-refractivity contribution is 1.18. The maximum absolute atomic E-state index is 9.63. The SMILES string of the molecule is N#Cc1ccc2c3ccc(-c4cc5ccc6cc(-c7ccccc7)cc7ccc(c4)c5c67)cc3n(-c3ccccc3)c2c1. The standard InChI is InChI=1S/C41H24N2/c42-25-26-11-17-36-37-18-16-28(24-39(37)43(38(36)19-26)35-9-5-2-6-10-35)34-22-31-14-12-29-20-33(27-7-3-1-4-8-27)21-30-13-15-32(23-34)41(31)40(29)30/h1-24H. The lowest BCUT2D eigenvalue weighted by Crippen LogP contribution is -1.94. The molecule has 0 amide bonds. The van der Waals surface area contributed by atoms with Gasteiger partial charge in [-0.3, -0.25) is 0 Å². The molecule has 0 N–H and O–H groups in total. The second-order valence-corrected chi connectivity index (χ2v) is 11.3. The smallest absolute Gasteiger partial charge is 0.0992 e. The van der Waals surface area contributed by atoms with Gasteiger partial charge in [0.2, 0.25) is 0 Å². The molecule has 0 radical (unpaired) electrons. The molecule has 43 heavy (non-hydrogen) atoms. The molecule has 8 aromatic carbocycles. The third-order valence-electron chi connectivity index (χ3n) is 8.89. The van der Waals surface area contributed by atoms with Crippen molar-refractivity contribution in [2.24, 2.45) is 0 Å². The fourth-order valence-electron chi connectivity index (χ4n) is 6.92. The monoisotopic (exact) mass is 544 g/mol. The van der Waals surface area contributed by atoms with Crippen LogP contribution in [0.5, 0.6) is 0 Å². The highest BCUT2D eigenvalue weighted by Crippen LogP contribution is 2.41. The van der Waals surface area contributed by atoms with Crippen molar-refractivity contribution in [3.63, 3.8) is 0 Å². The van der Waals surface area contributed by atoms with E-state index in [0.29, 0.717) is 5.56 Å². The number of aromatic nitrogens is 1. The fraction of sp³-hybridized carbons (Fsp3) is 0. The van der Waals surface area contributed by atoms with E-state index in [9.17, 15) is 5.26 Å². The molecule has 0 aliphatic heterocycles. The Bertz CT molecular complexity index is 2480. The minimum absolute atomic E-state index is 0.663. The second-order valence-electron chi connectivity index (χ2n) is 11.3. The Kier molecular flexibility index (Phi) is 5.00. The summed E-state index contributed by atoms with van der Waals surface area (Å²) in [6, 6.07) is 54.5. The van der Waals surface area contributed by atoms with Crippen molar-refractivity contribution < 1.29 is 0 Å². The van der Waals surface area contributed by atoms with Crippen LogP contribution in [-0.4, -0.2) is 4.57 Å². The largest absolute Gasteiger partial charge is 0.309 e. The molecule has 0 atom stereocenters. The van der Waals surface area contributed by atoms with Gasteiger partial charge in [-0.1, -0.05) is 91.0 Å². The highest BCUT2D eigenvalue weighted by Gasteiger charge is 2.16. The highest BCUT2D eigenvalue weighted by atomic mass is 15.0. The molecule has 0 aliphatic rings. The van der Waals surface area contributed by atoms with Gasteiger partial charge >= 0.3 is 0 Å². The molecule has 9 aromatic rings. The Hall–Kier alpha value is -5.91. The maximum atomic E-state index is 9.63.